The van der Waals surface area contributed by atoms with Gasteiger partial charge in [0, 0.05) is 0 Å². The highest BCUT2D eigenvalue weighted by molar-refractivity contribution is 7.40. The van der Waals surface area contributed by atoms with E-state index in [2.05, 4.69) is 20.8 Å². The van der Waals surface area contributed by atoms with E-state index in [1.165, 1.54) is 25.7 Å². The van der Waals surface area contributed by atoms with E-state index in [4.69, 9.17) is 38.5 Å². The lowest BCUT2D eigenvalue weighted by Gasteiger charge is -2.36. The number of hydrogen-bond acceptors (Lipinski definition) is 8. The highest BCUT2D eigenvalue weighted by Crippen LogP contribution is 2.65. The van der Waals surface area contributed by atoms with Crippen molar-refractivity contribution < 1.29 is 38.5 Å². The number of hydrogen-bond donors (Lipinski definition) is 0. The molecular weight excluding hydrogens is 310 g/mol. The Hall–Kier alpha value is 0.220. The topological polar surface area (TPSA) is 172 Å². The molecule has 2 bridgehead atoms. The second-order valence-electron chi connectivity index (χ2n) is 5.95. The smallest absolute Gasteiger partial charge is 0.0272 e. The van der Waals surface area contributed by atoms with E-state index < -0.39 is 15.6 Å². The fourth-order valence-corrected chi connectivity index (χ4v) is 3.11. The van der Waals surface area contributed by atoms with Crippen LogP contribution in [-0.2, 0) is 9.13 Å². The van der Waals surface area contributed by atoms with E-state index in [1.807, 2.05) is 0 Å². The molecule has 0 N–H and O–H groups in total. The zero-order valence-electron chi connectivity index (χ0n) is 11.6. The van der Waals surface area contributed by atoms with Crippen molar-refractivity contribution in [3.8, 4) is 0 Å². The Balaban J connectivity index is 0.000000310. The molecule has 0 unspecified atom stereocenters. The SMILES string of the molecule is CC12CCC(CC1)C2(C)C.O=P([O-])([O-])[O-].O=P([O-])([O-])[O-]. The largest absolute Gasteiger partial charge is 0.822 e. The van der Waals surface area contributed by atoms with Gasteiger partial charge >= 0.3 is 0 Å². The first-order valence-electron chi connectivity index (χ1n) is 6.02. The average Bonchev–Trinajstić information content (AvgIpc) is 2.44. The van der Waals surface area contributed by atoms with E-state index in [9.17, 15) is 0 Å². The third-order valence-electron chi connectivity index (χ3n) is 4.67. The summed E-state index contributed by atoms with van der Waals surface area (Å²) < 4.78 is 17.1. The minimum atomic E-state index is -5.39. The van der Waals surface area contributed by atoms with Crippen molar-refractivity contribution in [2.75, 3.05) is 0 Å². The first kappa shape index (κ1) is 20.2. The van der Waals surface area contributed by atoms with Crippen LogP contribution in [0.4, 0.5) is 0 Å². The zero-order valence-corrected chi connectivity index (χ0v) is 13.4. The summed E-state index contributed by atoms with van der Waals surface area (Å²) in [4.78, 5) is 51.3. The molecule has 0 saturated heterocycles. The average molecular weight is 328 g/mol. The van der Waals surface area contributed by atoms with Gasteiger partial charge in [-0.1, -0.05) is 20.8 Å². The van der Waals surface area contributed by atoms with Crippen molar-refractivity contribution in [2.24, 2.45) is 16.7 Å². The third-order valence-corrected chi connectivity index (χ3v) is 4.67. The predicted octanol–water partition coefficient (Wildman–Crippen LogP) is -2.43. The molecule has 0 aromatic heterocycles. The molecule has 0 amide bonds. The molecule has 0 aromatic carbocycles. The van der Waals surface area contributed by atoms with Crippen LogP contribution in [0, 0.1) is 16.7 Å². The van der Waals surface area contributed by atoms with E-state index in [-0.39, 0.29) is 0 Å². The molecule has 0 atom stereocenters. The molecule has 8 nitrogen and oxygen atoms in total. The van der Waals surface area contributed by atoms with Gasteiger partial charge in [0.1, 0.15) is 0 Å². The van der Waals surface area contributed by atoms with Crippen LogP contribution in [0.3, 0.4) is 0 Å². The Bertz CT molecular complexity index is 362. The number of rotatable bonds is 0. The van der Waals surface area contributed by atoms with Gasteiger partial charge in [0.25, 0.3) is 0 Å². The fourth-order valence-electron chi connectivity index (χ4n) is 3.11. The Kier molecular flexibility index (Phi) is 6.62. The molecule has 0 heterocycles. The minimum Gasteiger partial charge on any atom is -0.822 e. The Morgan fingerprint density at radius 2 is 1.05 bits per heavy atom. The van der Waals surface area contributed by atoms with Crippen molar-refractivity contribution in [3.05, 3.63) is 0 Å². The van der Waals surface area contributed by atoms with Gasteiger partial charge in [0.15, 0.2) is 0 Å². The summed E-state index contributed by atoms with van der Waals surface area (Å²) in [6.45, 7) is 7.43. The van der Waals surface area contributed by atoms with Crippen LogP contribution < -0.4 is 29.4 Å². The van der Waals surface area contributed by atoms with Gasteiger partial charge in [-0.05, 0) is 42.4 Å². The van der Waals surface area contributed by atoms with Gasteiger partial charge in [-0.15, -0.1) is 0 Å². The molecular formula is C10H18O8P2-6. The molecule has 20 heavy (non-hydrogen) atoms. The lowest BCUT2D eigenvalue weighted by Crippen LogP contribution is -2.26. The summed E-state index contributed by atoms with van der Waals surface area (Å²) in [5.74, 6) is 1.05. The molecule has 10 heteroatoms. The van der Waals surface area contributed by atoms with Crippen LogP contribution >= 0.6 is 15.6 Å². The molecule has 0 radical (unpaired) electrons. The molecule has 122 valence electrons. The maximum Gasteiger partial charge on any atom is -0.0272 e. The first-order chi connectivity index (χ1) is 8.56. The standard InChI is InChI=1S/C10H18.2H3O4P/c1-9(2)8-4-6-10(9,3)7-5-8;2*1-5(2,3)4/h8H,4-7H2,1-3H3;2*(H3,1,2,3,4)/p-6. The van der Waals surface area contributed by atoms with E-state index in [0.717, 1.165) is 5.92 Å². The van der Waals surface area contributed by atoms with Gasteiger partial charge in [-0.3, -0.25) is 0 Å². The van der Waals surface area contributed by atoms with Crippen LogP contribution in [0.25, 0.3) is 0 Å². The minimum absolute atomic E-state index is 0.660. The molecule has 0 aliphatic heterocycles. The van der Waals surface area contributed by atoms with E-state index in [1.54, 1.807) is 0 Å². The second kappa shape index (κ2) is 6.55. The summed E-state index contributed by atoms with van der Waals surface area (Å²) >= 11 is 0. The highest BCUT2D eigenvalue weighted by atomic mass is 31.2. The Labute approximate surface area is 118 Å². The number of phosphoric acid groups is 2. The monoisotopic (exact) mass is 328 g/mol. The quantitative estimate of drug-likeness (QED) is 0.441. The molecule has 0 aromatic rings. The van der Waals surface area contributed by atoms with Gasteiger partial charge in [-0.2, -0.15) is 15.6 Å². The lowest BCUT2D eigenvalue weighted by molar-refractivity contribution is -0.434. The van der Waals surface area contributed by atoms with Gasteiger partial charge < -0.3 is 38.5 Å². The first-order valence-corrected chi connectivity index (χ1v) is 8.94. The fraction of sp³-hybridized carbons (Fsp3) is 1.00. The van der Waals surface area contributed by atoms with Crippen molar-refractivity contribution in [2.45, 2.75) is 46.5 Å². The van der Waals surface area contributed by atoms with Crippen molar-refractivity contribution in [1.82, 2.24) is 0 Å². The molecule has 2 aliphatic carbocycles. The Morgan fingerprint density at radius 1 is 0.800 bits per heavy atom. The summed E-state index contributed by atoms with van der Waals surface area (Å²) in [6.07, 6.45) is 5.99. The highest BCUT2D eigenvalue weighted by Gasteiger charge is 2.55. The van der Waals surface area contributed by atoms with Gasteiger partial charge in [-0.25, -0.2) is 0 Å². The van der Waals surface area contributed by atoms with Crippen LogP contribution in [0.2, 0.25) is 0 Å². The van der Waals surface area contributed by atoms with E-state index >= 15 is 0 Å². The normalized spacial score (nSPS) is 30.9. The van der Waals surface area contributed by atoms with E-state index in [0.29, 0.717) is 10.8 Å². The van der Waals surface area contributed by atoms with Crippen LogP contribution in [0.5, 0.6) is 0 Å². The predicted molar refractivity (Wildman–Crippen MR) is 59.1 cm³/mol. The van der Waals surface area contributed by atoms with Gasteiger partial charge in [0.2, 0.25) is 0 Å². The molecule has 2 rings (SSSR count). The molecule has 2 aliphatic rings. The maximum atomic E-state index is 8.55. The lowest BCUT2D eigenvalue weighted by atomic mass is 9.71. The van der Waals surface area contributed by atoms with Crippen LogP contribution in [0.15, 0.2) is 0 Å². The summed E-state index contributed by atoms with van der Waals surface area (Å²) in [7, 11) is -10.8. The zero-order chi connectivity index (χ0) is 16.4. The second-order valence-corrected chi connectivity index (χ2v) is 7.74. The Morgan fingerprint density at radius 3 is 1.10 bits per heavy atom. The van der Waals surface area contributed by atoms with Crippen LogP contribution in [-0.4, -0.2) is 0 Å². The van der Waals surface area contributed by atoms with Crippen molar-refractivity contribution in [3.63, 3.8) is 0 Å². The summed E-state index contributed by atoms with van der Waals surface area (Å²) in [5, 5.41) is 0. The molecule has 2 saturated carbocycles. The maximum absolute atomic E-state index is 8.55. The summed E-state index contributed by atoms with van der Waals surface area (Å²) in [6, 6.07) is 0. The van der Waals surface area contributed by atoms with Gasteiger partial charge in [0.05, 0.1) is 0 Å². The number of fused-ring (bicyclic) bond motifs is 2. The van der Waals surface area contributed by atoms with Crippen molar-refractivity contribution >= 4 is 15.6 Å². The summed E-state index contributed by atoms with van der Waals surface area (Å²) in [5.41, 5.74) is 1.37. The van der Waals surface area contributed by atoms with Crippen LogP contribution in [0.1, 0.15) is 46.5 Å². The van der Waals surface area contributed by atoms with Crippen molar-refractivity contribution in [1.29, 1.82) is 0 Å². The molecule has 2 fully saturated rings. The molecule has 0 spiro atoms. The third kappa shape index (κ3) is 7.29.